The fraction of sp³-hybridized carbons (Fsp3) is 0.500. The average molecular weight is 232 g/mol. The minimum atomic E-state index is -0.963. The van der Waals surface area contributed by atoms with Crippen LogP contribution in [0.15, 0.2) is 23.4 Å². The molecule has 0 bridgehead atoms. The zero-order valence-electron chi connectivity index (χ0n) is 8.20. The van der Waals surface area contributed by atoms with E-state index in [2.05, 4.69) is 11.9 Å². The minimum Gasteiger partial charge on any atom is -0.253 e. The van der Waals surface area contributed by atoms with Gasteiger partial charge in [-0.2, -0.15) is 0 Å². The fourth-order valence-corrected chi connectivity index (χ4v) is 2.26. The average Bonchev–Trinajstić information content (AvgIpc) is 2.19. The number of aromatic nitrogens is 1. The number of unbranched alkanes of at least 4 members (excludes halogenated alkanes) is 2. The van der Waals surface area contributed by atoms with Crippen LogP contribution in [0.25, 0.3) is 0 Å². The summed E-state index contributed by atoms with van der Waals surface area (Å²) in [6.07, 6.45) is 4.80. The zero-order chi connectivity index (χ0) is 10.4. The highest BCUT2D eigenvalue weighted by atomic mass is 35.5. The first-order valence-corrected chi connectivity index (χ1v) is 6.43. The van der Waals surface area contributed by atoms with Gasteiger partial charge < -0.3 is 0 Å². The summed E-state index contributed by atoms with van der Waals surface area (Å²) in [6, 6.07) is 3.45. The molecule has 0 saturated carbocycles. The first-order chi connectivity index (χ1) is 6.74. The summed E-state index contributed by atoms with van der Waals surface area (Å²) in [5.74, 6) is 0.697. The third-order valence-corrected chi connectivity index (χ3v) is 3.46. The van der Waals surface area contributed by atoms with Crippen molar-refractivity contribution in [2.45, 2.75) is 31.2 Å². The topological polar surface area (TPSA) is 30.0 Å². The summed E-state index contributed by atoms with van der Waals surface area (Å²) < 4.78 is 11.6. The molecule has 0 fully saturated rings. The van der Waals surface area contributed by atoms with Crippen molar-refractivity contribution in [3.63, 3.8) is 0 Å². The van der Waals surface area contributed by atoms with Gasteiger partial charge in [0.1, 0.15) is 5.03 Å². The molecule has 0 amide bonds. The smallest absolute Gasteiger partial charge is 0.127 e. The molecule has 1 aromatic rings. The summed E-state index contributed by atoms with van der Waals surface area (Å²) in [5, 5.41) is 1.21. The van der Waals surface area contributed by atoms with Gasteiger partial charge in [0.05, 0.1) is 15.8 Å². The highest BCUT2D eigenvalue weighted by Crippen LogP contribution is 2.10. The van der Waals surface area contributed by atoms with Gasteiger partial charge in [-0.3, -0.25) is 4.21 Å². The Bertz CT molecular complexity index is 299. The van der Waals surface area contributed by atoms with Crippen LogP contribution in [0.2, 0.25) is 5.02 Å². The molecule has 0 aliphatic rings. The third-order valence-electron chi connectivity index (χ3n) is 1.87. The highest BCUT2D eigenvalue weighted by molar-refractivity contribution is 7.84. The zero-order valence-corrected chi connectivity index (χ0v) is 9.77. The van der Waals surface area contributed by atoms with Crippen LogP contribution in [0.5, 0.6) is 0 Å². The van der Waals surface area contributed by atoms with E-state index < -0.39 is 10.8 Å². The molecule has 0 unspecified atom stereocenters. The maximum Gasteiger partial charge on any atom is 0.127 e. The largest absolute Gasteiger partial charge is 0.253 e. The number of hydrogen-bond donors (Lipinski definition) is 0. The predicted octanol–water partition coefficient (Wildman–Crippen LogP) is 3.03. The Morgan fingerprint density at radius 3 is 2.79 bits per heavy atom. The van der Waals surface area contributed by atoms with Crippen LogP contribution in [-0.2, 0) is 10.8 Å². The Hall–Kier alpha value is -0.410. The van der Waals surface area contributed by atoms with Crippen LogP contribution < -0.4 is 0 Å². The van der Waals surface area contributed by atoms with Crippen molar-refractivity contribution in [1.29, 1.82) is 0 Å². The maximum absolute atomic E-state index is 11.6. The van der Waals surface area contributed by atoms with Crippen LogP contribution in [-0.4, -0.2) is 14.9 Å². The summed E-state index contributed by atoms with van der Waals surface area (Å²) >= 11 is 5.68. The summed E-state index contributed by atoms with van der Waals surface area (Å²) in [6.45, 7) is 2.13. The number of pyridine rings is 1. The molecule has 4 heteroatoms. The Morgan fingerprint density at radius 2 is 2.21 bits per heavy atom. The van der Waals surface area contributed by atoms with Crippen LogP contribution in [0.4, 0.5) is 0 Å². The van der Waals surface area contributed by atoms with Crippen LogP contribution in [0.3, 0.4) is 0 Å². The van der Waals surface area contributed by atoms with Crippen molar-refractivity contribution < 1.29 is 4.21 Å². The van der Waals surface area contributed by atoms with E-state index in [1.165, 1.54) is 6.20 Å². The van der Waals surface area contributed by atoms with Crippen molar-refractivity contribution in [1.82, 2.24) is 4.98 Å². The highest BCUT2D eigenvalue weighted by Gasteiger charge is 2.04. The summed E-state index contributed by atoms with van der Waals surface area (Å²) in [5.41, 5.74) is 0. The van der Waals surface area contributed by atoms with Crippen molar-refractivity contribution >= 4 is 22.4 Å². The molecule has 1 heterocycles. The van der Waals surface area contributed by atoms with Gasteiger partial charge >= 0.3 is 0 Å². The molecule has 1 aromatic heterocycles. The van der Waals surface area contributed by atoms with Gasteiger partial charge in [0.2, 0.25) is 0 Å². The first-order valence-electron chi connectivity index (χ1n) is 4.74. The van der Waals surface area contributed by atoms with Gasteiger partial charge in [-0.1, -0.05) is 31.4 Å². The predicted molar refractivity (Wildman–Crippen MR) is 60.0 cm³/mol. The molecule has 1 atom stereocenters. The lowest BCUT2D eigenvalue weighted by Gasteiger charge is -2.00. The van der Waals surface area contributed by atoms with E-state index in [4.69, 9.17) is 11.6 Å². The van der Waals surface area contributed by atoms with Gasteiger partial charge in [-0.15, -0.1) is 0 Å². The van der Waals surface area contributed by atoms with Crippen LogP contribution >= 0.6 is 11.6 Å². The van der Waals surface area contributed by atoms with Crippen LogP contribution in [0.1, 0.15) is 26.2 Å². The summed E-state index contributed by atoms with van der Waals surface area (Å²) in [4.78, 5) is 4.02. The molecule has 0 spiro atoms. The molecule has 0 radical (unpaired) electrons. The van der Waals surface area contributed by atoms with E-state index in [1.54, 1.807) is 12.1 Å². The van der Waals surface area contributed by atoms with Crippen molar-refractivity contribution in [2.24, 2.45) is 0 Å². The van der Waals surface area contributed by atoms with E-state index in [0.717, 1.165) is 19.3 Å². The lowest BCUT2D eigenvalue weighted by Crippen LogP contribution is -2.00. The van der Waals surface area contributed by atoms with Gasteiger partial charge in [-0.25, -0.2) is 4.98 Å². The standard InChI is InChI=1S/C10H14ClNOS/c1-2-3-4-7-14(13)10-6-5-9(11)8-12-10/h5-6,8H,2-4,7H2,1H3/t14-/m1/s1. The van der Waals surface area contributed by atoms with Crippen molar-refractivity contribution in [3.8, 4) is 0 Å². The minimum absolute atomic E-state index is 0.583. The lowest BCUT2D eigenvalue weighted by atomic mass is 10.3. The van der Waals surface area contributed by atoms with E-state index in [0.29, 0.717) is 15.8 Å². The second kappa shape index (κ2) is 6.14. The number of nitrogens with zero attached hydrogens (tertiary/aromatic N) is 1. The van der Waals surface area contributed by atoms with Gasteiger partial charge in [0.15, 0.2) is 0 Å². The number of hydrogen-bond acceptors (Lipinski definition) is 2. The quantitative estimate of drug-likeness (QED) is 0.730. The van der Waals surface area contributed by atoms with E-state index >= 15 is 0 Å². The monoisotopic (exact) mass is 231 g/mol. The van der Waals surface area contributed by atoms with Crippen LogP contribution in [0, 0.1) is 0 Å². The molecular weight excluding hydrogens is 218 g/mol. The van der Waals surface area contributed by atoms with Crippen molar-refractivity contribution in [3.05, 3.63) is 23.4 Å². The normalized spacial score (nSPS) is 12.7. The lowest BCUT2D eigenvalue weighted by molar-refractivity contribution is 0.673. The van der Waals surface area contributed by atoms with E-state index in [9.17, 15) is 4.21 Å². The van der Waals surface area contributed by atoms with Gasteiger partial charge in [0.25, 0.3) is 0 Å². The van der Waals surface area contributed by atoms with Gasteiger partial charge in [-0.05, 0) is 18.6 Å². The third kappa shape index (κ3) is 3.76. The molecule has 1 rings (SSSR count). The molecule has 14 heavy (non-hydrogen) atoms. The Kier molecular flexibility index (Phi) is 5.12. The molecule has 0 aliphatic heterocycles. The molecule has 78 valence electrons. The van der Waals surface area contributed by atoms with Gasteiger partial charge in [0, 0.05) is 11.9 Å². The molecule has 2 nitrogen and oxygen atoms in total. The Morgan fingerprint density at radius 1 is 1.43 bits per heavy atom. The summed E-state index contributed by atoms with van der Waals surface area (Å²) in [7, 11) is -0.963. The molecular formula is C10H14ClNOS. The molecule has 0 aliphatic carbocycles. The Labute approximate surface area is 92.2 Å². The van der Waals surface area contributed by atoms with E-state index in [1.807, 2.05) is 0 Å². The molecule has 0 saturated heterocycles. The number of halogens is 1. The van der Waals surface area contributed by atoms with Crippen molar-refractivity contribution in [2.75, 3.05) is 5.75 Å². The van der Waals surface area contributed by atoms with E-state index in [-0.39, 0.29) is 0 Å². The molecule has 0 N–H and O–H groups in total. The first kappa shape index (κ1) is 11.7. The SMILES string of the molecule is CCCCC[S@@](=O)c1ccc(Cl)cn1. The second-order valence-corrected chi connectivity index (χ2v) is 5.03. The fourth-order valence-electron chi connectivity index (χ4n) is 1.08. The second-order valence-electron chi connectivity index (χ2n) is 3.07. The number of rotatable bonds is 5. The molecule has 0 aromatic carbocycles. The Balaban J connectivity index is 2.48. The maximum atomic E-state index is 11.6.